The summed E-state index contributed by atoms with van der Waals surface area (Å²) >= 11 is 5.99. The molecule has 2 aromatic rings. The van der Waals surface area contributed by atoms with Crippen LogP contribution in [0.15, 0.2) is 18.2 Å². The van der Waals surface area contributed by atoms with Crippen LogP contribution in [0.3, 0.4) is 0 Å². The molecular formula is C13H11ClF3N3O. The summed E-state index contributed by atoms with van der Waals surface area (Å²) in [6, 6.07) is 3.17. The molecule has 0 saturated carbocycles. The molecule has 0 aliphatic carbocycles. The van der Waals surface area contributed by atoms with Crippen LogP contribution < -0.4 is 5.73 Å². The lowest BCUT2D eigenvalue weighted by Gasteiger charge is -2.16. The van der Waals surface area contributed by atoms with E-state index < -0.39 is 11.7 Å². The minimum absolute atomic E-state index is 0.0263. The number of nitrogen functional groups attached to an aromatic ring is 1. The Kier molecular flexibility index (Phi) is 3.33. The quantitative estimate of drug-likeness (QED) is 0.878. The van der Waals surface area contributed by atoms with Crippen LogP contribution in [0.2, 0.25) is 5.02 Å². The molecular weight excluding hydrogens is 307 g/mol. The van der Waals surface area contributed by atoms with Gasteiger partial charge in [-0.15, -0.1) is 5.10 Å². The van der Waals surface area contributed by atoms with Gasteiger partial charge in [-0.05, 0) is 18.2 Å². The second kappa shape index (κ2) is 4.92. The standard InChI is InChI=1S/C13H11ClF3N3O/c14-9-5-7(13(15,16)17)1-2-11(9)20-10-3-4-21-6-8(10)12(18)19-20/h1-2,5H,3-4,6H2,(H2,18,19). The summed E-state index contributed by atoms with van der Waals surface area (Å²) < 4.78 is 44.8. The topological polar surface area (TPSA) is 53.1 Å². The number of rotatable bonds is 1. The molecule has 0 radical (unpaired) electrons. The molecule has 1 aliphatic rings. The largest absolute Gasteiger partial charge is 0.416 e. The Balaban J connectivity index is 2.10. The van der Waals surface area contributed by atoms with Crippen molar-refractivity contribution in [2.24, 2.45) is 0 Å². The van der Waals surface area contributed by atoms with Gasteiger partial charge in [0.15, 0.2) is 5.82 Å². The highest BCUT2D eigenvalue weighted by Crippen LogP contribution is 2.34. The van der Waals surface area contributed by atoms with E-state index in [1.165, 1.54) is 10.7 Å². The first-order valence-corrected chi connectivity index (χ1v) is 6.57. The molecule has 0 amide bonds. The van der Waals surface area contributed by atoms with Gasteiger partial charge >= 0.3 is 6.18 Å². The van der Waals surface area contributed by atoms with Crippen molar-refractivity contribution in [2.45, 2.75) is 19.2 Å². The third-order valence-corrected chi connectivity index (χ3v) is 3.66. The van der Waals surface area contributed by atoms with E-state index >= 15 is 0 Å². The first kappa shape index (κ1) is 14.2. The minimum atomic E-state index is -4.43. The number of fused-ring (bicyclic) bond motifs is 1. The molecule has 0 saturated heterocycles. The van der Waals surface area contributed by atoms with Crippen molar-refractivity contribution in [1.29, 1.82) is 0 Å². The zero-order valence-electron chi connectivity index (χ0n) is 10.7. The maximum atomic E-state index is 12.7. The summed E-state index contributed by atoms with van der Waals surface area (Å²) in [5.74, 6) is 0.306. The molecule has 0 unspecified atom stereocenters. The average molecular weight is 318 g/mol. The molecule has 0 fully saturated rings. The van der Waals surface area contributed by atoms with Crippen molar-refractivity contribution in [3.05, 3.63) is 40.0 Å². The Labute approximate surface area is 123 Å². The van der Waals surface area contributed by atoms with E-state index in [-0.39, 0.29) is 5.02 Å². The van der Waals surface area contributed by atoms with Crippen LogP contribution in [0.1, 0.15) is 16.8 Å². The Bertz CT molecular complexity index is 697. The molecule has 4 nitrogen and oxygen atoms in total. The molecule has 21 heavy (non-hydrogen) atoms. The van der Waals surface area contributed by atoms with Gasteiger partial charge in [0.05, 0.1) is 35.2 Å². The van der Waals surface area contributed by atoms with E-state index in [1.807, 2.05) is 0 Å². The minimum Gasteiger partial charge on any atom is -0.382 e. The van der Waals surface area contributed by atoms with Gasteiger partial charge in [-0.2, -0.15) is 13.2 Å². The normalized spacial score (nSPS) is 15.0. The van der Waals surface area contributed by atoms with Crippen LogP contribution in [0.5, 0.6) is 0 Å². The summed E-state index contributed by atoms with van der Waals surface area (Å²) in [5.41, 5.74) is 6.97. The van der Waals surface area contributed by atoms with Crippen molar-refractivity contribution >= 4 is 17.4 Å². The zero-order valence-corrected chi connectivity index (χ0v) is 11.5. The van der Waals surface area contributed by atoms with Gasteiger partial charge in [0.25, 0.3) is 0 Å². The van der Waals surface area contributed by atoms with E-state index in [4.69, 9.17) is 22.1 Å². The third kappa shape index (κ3) is 2.47. The van der Waals surface area contributed by atoms with Crippen LogP contribution in [0, 0.1) is 0 Å². The van der Waals surface area contributed by atoms with Crippen molar-refractivity contribution in [3.63, 3.8) is 0 Å². The molecule has 2 heterocycles. The monoisotopic (exact) mass is 317 g/mol. The van der Waals surface area contributed by atoms with Crippen molar-refractivity contribution in [1.82, 2.24) is 9.78 Å². The van der Waals surface area contributed by atoms with Crippen molar-refractivity contribution in [3.8, 4) is 5.69 Å². The number of ether oxygens (including phenoxy) is 1. The number of anilines is 1. The second-order valence-corrected chi connectivity index (χ2v) is 5.10. The zero-order chi connectivity index (χ0) is 15.2. The number of halogens is 4. The van der Waals surface area contributed by atoms with Crippen LogP contribution in [0.4, 0.5) is 19.0 Å². The molecule has 1 aromatic heterocycles. The highest BCUT2D eigenvalue weighted by Gasteiger charge is 2.31. The molecule has 2 N–H and O–H groups in total. The van der Waals surface area contributed by atoms with Crippen LogP contribution in [0.25, 0.3) is 5.69 Å². The fraction of sp³-hybridized carbons (Fsp3) is 0.308. The Morgan fingerprint density at radius 3 is 2.76 bits per heavy atom. The van der Waals surface area contributed by atoms with E-state index in [0.717, 1.165) is 23.4 Å². The highest BCUT2D eigenvalue weighted by molar-refractivity contribution is 6.32. The summed E-state index contributed by atoms with van der Waals surface area (Å²) in [6.07, 6.45) is -3.85. The number of nitrogens with two attached hydrogens (primary N) is 1. The maximum absolute atomic E-state index is 12.7. The van der Waals surface area contributed by atoms with Gasteiger partial charge in [0.1, 0.15) is 0 Å². The van der Waals surface area contributed by atoms with Crippen LogP contribution in [-0.2, 0) is 23.9 Å². The van der Waals surface area contributed by atoms with Crippen molar-refractivity contribution < 1.29 is 17.9 Å². The van der Waals surface area contributed by atoms with Gasteiger partial charge in [0, 0.05) is 12.0 Å². The number of aromatic nitrogens is 2. The van der Waals surface area contributed by atoms with Gasteiger partial charge < -0.3 is 10.5 Å². The Morgan fingerprint density at radius 1 is 1.33 bits per heavy atom. The predicted octanol–water partition coefficient (Wildman–Crippen LogP) is 3.20. The summed E-state index contributed by atoms with van der Waals surface area (Å²) in [7, 11) is 0. The number of hydrogen-bond donors (Lipinski definition) is 1. The number of benzene rings is 1. The molecule has 0 spiro atoms. The Hall–Kier alpha value is -1.73. The summed E-state index contributed by atoms with van der Waals surface area (Å²) in [6.45, 7) is 0.857. The molecule has 0 bridgehead atoms. The molecule has 3 rings (SSSR count). The van der Waals surface area contributed by atoms with Crippen LogP contribution >= 0.6 is 11.6 Å². The third-order valence-electron chi connectivity index (χ3n) is 3.35. The van der Waals surface area contributed by atoms with Gasteiger partial charge in [-0.3, -0.25) is 0 Å². The van der Waals surface area contributed by atoms with Crippen LogP contribution in [-0.4, -0.2) is 16.4 Å². The van der Waals surface area contributed by atoms with E-state index in [0.29, 0.717) is 31.1 Å². The van der Waals surface area contributed by atoms with Crippen molar-refractivity contribution in [2.75, 3.05) is 12.3 Å². The first-order chi connectivity index (χ1) is 9.88. The molecule has 0 atom stereocenters. The summed E-state index contributed by atoms with van der Waals surface area (Å²) in [4.78, 5) is 0. The number of nitrogens with zero attached hydrogens (tertiary/aromatic N) is 2. The summed E-state index contributed by atoms with van der Waals surface area (Å²) in [5, 5.41) is 4.14. The van der Waals surface area contributed by atoms with E-state index in [9.17, 15) is 13.2 Å². The fourth-order valence-corrected chi connectivity index (χ4v) is 2.58. The van der Waals surface area contributed by atoms with Gasteiger partial charge in [-0.25, -0.2) is 4.68 Å². The molecule has 1 aromatic carbocycles. The lowest BCUT2D eigenvalue weighted by molar-refractivity contribution is -0.137. The lowest BCUT2D eigenvalue weighted by atomic mass is 10.1. The first-order valence-electron chi connectivity index (χ1n) is 6.19. The maximum Gasteiger partial charge on any atom is 0.416 e. The van der Waals surface area contributed by atoms with E-state index in [2.05, 4.69) is 5.10 Å². The molecule has 8 heteroatoms. The number of alkyl halides is 3. The Morgan fingerprint density at radius 2 is 2.10 bits per heavy atom. The highest BCUT2D eigenvalue weighted by atomic mass is 35.5. The fourth-order valence-electron chi connectivity index (χ4n) is 2.32. The lowest BCUT2D eigenvalue weighted by Crippen LogP contribution is -2.13. The predicted molar refractivity (Wildman–Crippen MR) is 71.3 cm³/mol. The van der Waals surface area contributed by atoms with E-state index in [1.54, 1.807) is 0 Å². The van der Waals surface area contributed by atoms with Gasteiger partial charge in [0.2, 0.25) is 0 Å². The SMILES string of the molecule is Nc1nn(-c2ccc(C(F)(F)F)cc2Cl)c2c1COCC2. The smallest absolute Gasteiger partial charge is 0.382 e. The average Bonchev–Trinajstić information content (AvgIpc) is 2.76. The second-order valence-electron chi connectivity index (χ2n) is 4.69. The molecule has 112 valence electrons. The number of hydrogen-bond acceptors (Lipinski definition) is 3. The molecule has 1 aliphatic heterocycles. The van der Waals surface area contributed by atoms with Gasteiger partial charge in [-0.1, -0.05) is 11.6 Å².